The number of amidine groups is 1. The molecule has 0 saturated carbocycles. The molecule has 0 N–H and O–H groups in total. The van der Waals surface area contributed by atoms with Gasteiger partial charge in [-0.3, -0.25) is 4.99 Å². The predicted molar refractivity (Wildman–Crippen MR) is 164 cm³/mol. The molecule has 0 aromatic heterocycles. The maximum atomic E-state index is 6.31. The van der Waals surface area contributed by atoms with Crippen molar-refractivity contribution in [2.75, 3.05) is 4.90 Å². The molecule has 0 fully saturated rings. The van der Waals surface area contributed by atoms with E-state index in [4.69, 9.17) is 33.2 Å². The van der Waals surface area contributed by atoms with Crippen LogP contribution in [0.5, 0.6) is 0 Å². The Labute approximate surface area is 244 Å². The Hall–Kier alpha value is -2.44. The summed E-state index contributed by atoms with van der Waals surface area (Å²) in [5.74, 6) is 0.854. The summed E-state index contributed by atoms with van der Waals surface area (Å²) < 4.78 is 2.03. The van der Waals surface area contributed by atoms with Gasteiger partial charge < -0.3 is 4.90 Å². The van der Waals surface area contributed by atoms with Crippen LogP contribution in [0, 0.1) is 0 Å². The third kappa shape index (κ3) is 5.15. The van der Waals surface area contributed by atoms with Gasteiger partial charge in [0.1, 0.15) is 11.4 Å². The van der Waals surface area contributed by atoms with Crippen LogP contribution in [0.3, 0.4) is 0 Å². The molecule has 2 unspecified atom stereocenters. The SMILES string of the molecule is C/C(=N\c1ccc(Br)cc1)C1(c2ccc(Cl)cc2)N=C(c2ccc(Cl)cc2)N(c2ccc(Br)cc2)C1C. The van der Waals surface area contributed by atoms with E-state index in [1.807, 2.05) is 84.9 Å². The zero-order chi connectivity index (χ0) is 26.2. The van der Waals surface area contributed by atoms with Crippen molar-refractivity contribution in [1.29, 1.82) is 0 Å². The topological polar surface area (TPSA) is 28.0 Å². The van der Waals surface area contributed by atoms with Crippen molar-refractivity contribution in [3.8, 4) is 0 Å². The third-order valence-corrected chi connectivity index (χ3v) is 8.23. The lowest BCUT2D eigenvalue weighted by Crippen LogP contribution is -2.47. The Kier molecular flexibility index (Phi) is 7.60. The van der Waals surface area contributed by atoms with E-state index in [0.29, 0.717) is 10.0 Å². The predicted octanol–water partition coefficient (Wildman–Crippen LogP) is 9.86. The number of anilines is 1. The van der Waals surface area contributed by atoms with Crippen molar-refractivity contribution >= 4 is 78.0 Å². The molecule has 4 aromatic carbocycles. The molecule has 186 valence electrons. The fourth-order valence-corrected chi connectivity index (χ4v) is 5.61. The molecule has 1 aliphatic rings. The Morgan fingerprint density at radius 1 is 0.784 bits per heavy atom. The van der Waals surface area contributed by atoms with E-state index < -0.39 is 5.54 Å². The average Bonchev–Trinajstić information content (AvgIpc) is 3.20. The fourth-order valence-electron chi connectivity index (χ4n) is 4.83. The lowest BCUT2D eigenvalue weighted by molar-refractivity contribution is 0.528. The van der Waals surface area contributed by atoms with Gasteiger partial charge in [0.05, 0.1) is 11.7 Å². The van der Waals surface area contributed by atoms with E-state index in [2.05, 4.69) is 62.7 Å². The summed E-state index contributed by atoms with van der Waals surface area (Å²) >= 11 is 19.6. The highest BCUT2D eigenvalue weighted by atomic mass is 79.9. The minimum atomic E-state index is -0.764. The molecule has 4 aromatic rings. The first kappa shape index (κ1) is 26.2. The Morgan fingerprint density at radius 2 is 1.30 bits per heavy atom. The van der Waals surface area contributed by atoms with Gasteiger partial charge in [-0.25, -0.2) is 4.99 Å². The average molecular weight is 656 g/mol. The van der Waals surface area contributed by atoms with Gasteiger partial charge in [-0.05, 0) is 104 Å². The molecule has 0 bridgehead atoms. The molecule has 37 heavy (non-hydrogen) atoms. The van der Waals surface area contributed by atoms with Crippen LogP contribution in [0.2, 0.25) is 10.0 Å². The van der Waals surface area contributed by atoms with Crippen molar-refractivity contribution in [1.82, 2.24) is 0 Å². The van der Waals surface area contributed by atoms with E-state index in [0.717, 1.165) is 43.0 Å². The number of halogens is 4. The second-order valence-electron chi connectivity index (χ2n) is 8.91. The van der Waals surface area contributed by atoms with Gasteiger partial charge in [0, 0.05) is 36.0 Å². The van der Waals surface area contributed by atoms with Crippen molar-refractivity contribution in [3.05, 3.63) is 127 Å². The number of hydrogen-bond acceptors (Lipinski definition) is 3. The van der Waals surface area contributed by atoms with E-state index in [9.17, 15) is 0 Å². The van der Waals surface area contributed by atoms with E-state index >= 15 is 0 Å². The molecular formula is C30H23Br2Cl2N3. The zero-order valence-electron chi connectivity index (χ0n) is 20.2. The van der Waals surface area contributed by atoms with Crippen LogP contribution in [0.4, 0.5) is 11.4 Å². The van der Waals surface area contributed by atoms with Crippen molar-refractivity contribution in [2.24, 2.45) is 9.98 Å². The van der Waals surface area contributed by atoms with Crippen LogP contribution in [0.15, 0.2) is 116 Å². The highest BCUT2D eigenvalue weighted by molar-refractivity contribution is 9.10. The molecule has 3 nitrogen and oxygen atoms in total. The molecular weight excluding hydrogens is 633 g/mol. The largest absolute Gasteiger partial charge is 0.320 e. The van der Waals surface area contributed by atoms with E-state index in [1.165, 1.54) is 0 Å². The minimum absolute atomic E-state index is 0.0975. The summed E-state index contributed by atoms with van der Waals surface area (Å²) in [7, 11) is 0. The molecule has 0 radical (unpaired) electrons. The summed E-state index contributed by atoms with van der Waals surface area (Å²) in [6.45, 7) is 4.25. The van der Waals surface area contributed by atoms with Gasteiger partial charge in [0.25, 0.3) is 0 Å². The van der Waals surface area contributed by atoms with Crippen LogP contribution in [0.1, 0.15) is 25.0 Å². The van der Waals surface area contributed by atoms with E-state index in [1.54, 1.807) is 0 Å². The fraction of sp³-hybridized carbons (Fsp3) is 0.133. The van der Waals surface area contributed by atoms with E-state index in [-0.39, 0.29) is 6.04 Å². The van der Waals surface area contributed by atoms with Crippen molar-refractivity contribution in [2.45, 2.75) is 25.4 Å². The second-order valence-corrected chi connectivity index (χ2v) is 11.6. The highest BCUT2D eigenvalue weighted by Gasteiger charge is 2.50. The molecule has 5 rings (SSSR count). The second kappa shape index (κ2) is 10.7. The smallest absolute Gasteiger partial charge is 0.146 e. The molecule has 0 spiro atoms. The molecule has 0 saturated heterocycles. The molecule has 1 aliphatic heterocycles. The first-order valence-electron chi connectivity index (χ1n) is 11.8. The van der Waals surface area contributed by atoms with Gasteiger partial charge in [0.2, 0.25) is 0 Å². The van der Waals surface area contributed by atoms with Gasteiger partial charge in [-0.2, -0.15) is 0 Å². The number of benzene rings is 4. The number of aliphatic imine (C=N–C) groups is 2. The summed E-state index contributed by atoms with van der Waals surface area (Å²) in [6.07, 6.45) is 0. The van der Waals surface area contributed by atoms with Crippen LogP contribution in [-0.2, 0) is 5.54 Å². The van der Waals surface area contributed by atoms with Crippen molar-refractivity contribution < 1.29 is 0 Å². The van der Waals surface area contributed by atoms with Crippen LogP contribution in [-0.4, -0.2) is 17.6 Å². The van der Waals surface area contributed by atoms with Crippen LogP contribution < -0.4 is 4.90 Å². The van der Waals surface area contributed by atoms with Gasteiger partial charge in [0.15, 0.2) is 0 Å². The molecule has 0 aliphatic carbocycles. The Bertz CT molecular complexity index is 1470. The Morgan fingerprint density at radius 3 is 1.86 bits per heavy atom. The molecule has 2 atom stereocenters. The lowest BCUT2D eigenvalue weighted by atomic mass is 9.80. The third-order valence-electron chi connectivity index (χ3n) is 6.67. The van der Waals surface area contributed by atoms with Crippen LogP contribution in [0.25, 0.3) is 0 Å². The summed E-state index contributed by atoms with van der Waals surface area (Å²) in [4.78, 5) is 12.9. The first-order chi connectivity index (χ1) is 17.8. The molecule has 7 heteroatoms. The normalized spacial score (nSPS) is 19.7. The maximum absolute atomic E-state index is 6.31. The standard InChI is InChI=1S/C30H23Br2Cl2N3/c1-19(35-27-15-7-23(31)8-16-27)30(22-5-13-26(34)14-6-22)20(2)37(28-17-9-24(32)10-18-28)29(36-30)21-3-11-25(33)12-4-21/h3-18,20H,1-2H3/b35-19+. The first-order valence-corrected chi connectivity index (χ1v) is 14.1. The summed E-state index contributed by atoms with van der Waals surface area (Å²) in [5.41, 5.74) is 4.03. The Balaban J connectivity index is 1.76. The zero-order valence-corrected chi connectivity index (χ0v) is 24.9. The summed E-state index contributed by atoms with van der Waals surface area (Å²) in [5, 5.41) is 1.36. The van der Waals surface area contributed by atoms with Crippen molar-refractivity contribution in [3.63, 3.8) is 0 Å². The highest BCUT2D eigenvalue weighted by Crippen LogP contribution is 2.44. The minimum Gasteiger partial charge on any atom is -0.320 e. The quantitative estimate of drug-likeness (QED) is 0.197. The van der Waals surface area contributed by atoms with Gasteiger partial charge >= 0.3 is 0 Å². The van der Waals surface area contributed by atoms with Gasteiger partial charge in [-0.15, -0.1) is 0 Å². The lowest BCUT2D eigenvalue weighted by Gasteiger charge is -2.36. The molecule has 1 heterocycles. The monoisotopic (exact) mass is 653 g/mol. The number of hydrogen-bond donors (Lipinski definition) is 0. The maximum Gasteiger partial charge on any atom is 0.146 e. The van der Waals surface area contributed by atoms with Crippen LogP contribution >= 0.6 is 55.1 Å². The number of nitrogens with zero attached hydrogens (tertiary/aromatic N) is 3. The van der Waals surface area contributed by atoms with Gasteiger partial charge in [-0.1, -0.05) is 67.2 Å². The summed E-state index contributed by atoms with van der Waals surface area (Å²) in [6, 6.07) is 31.9. The molecule has 0 amide bonds. The number of rotatable bonds is 5.